The van der Waals surface area contributed by atoms with E-state index in [-0.39, 0.29) is 23.5 Å². The summed E-state index contributed by atoms with van der Waals surface area (Å²) in [5.74, 6) is -0.741. The van der Waals surface area contributed by atoms with Crippen LogP contribution in [0.15, 0.2) is 41.3 Å². The van der Waals surface area contributed by atoms with E-state index in [1.807, 2.05) is 6.92 Å². The number of rotatable bonds is 13. The Morgan fingerprint density at radius 1 is 1.12 bits per heavy atom. The van der Waals surface area contributed by atoms with Gasteiger partial charge in [-0.25, -0.2) is 0 Å². The summed E-state index contributed by atoms with van der Waals surface area (Å²) in [4.78, 5) is 23.1. The van der Waals surface area contributed by atoms with Crippen LogP contribution < -0.4 is 4.74 Å². The fourth-order valence-electron chi connectivity index (χ4n) is 3.55. The quantitative estimate of drug-likeness (QED) is 0.292. The highest BCUT2D eigenvalue weighted by atomic mass is 32.2. The number of aliphatic carboxylic acids is 1. The maximum atomic E-state index is 12.6. The summed E-state index contributed by atoms with van der Waals surface area (Å²) in [7, 11) is -1.26. The van der Waals surface area contributed by atoms with Crippen molar-refractivity contribution >= 4 is 22.6 Å². The summed E-state index contributed by atoms with van der Waals surface area (Å²) in [6.45, 7) is 5.36. The number of phenols is 1. The zero-order valence-electron chi connectivity index (χ0n) is 19.2. The molecule has 2 aromatic rings. The van der Waals surface area contributed by atoms with Crippen LogP contribution in [0.5, 0.6) is 11.5 Å². The standard InChI is InChI=1S/C25H32O7S/c1-4-6-21-22(12-11-20(17(3)26)25(21)30)32-13-5-14-33(31)19-9-7-18(8-10-19)24(29)16(2)15-23(27)28/h7-12,16,24,29-30H,4-6,13-15H2,1-3H3,(H,27,28). The molecule has 0 fully saturated rings. The number of aliphatic hydroxyl groups excluding tert-OH is 1. The van der Waals surface area contributed by atoms with Gasteiger partial charge in [0.05, 0.1) is 35.5 Å². The normalized spacial score (nSPS) is 13.8. The molecule has 180 valence electrons. The van der Waals surface area contributed by atoms with Crippen molar-refractivity contribution < 1.29 is 33.9 Å². The second kappa shape index (κ2) is 12.5. The lowest BCUT2D eigenvalue weighted by Gasteiger charge is -2.17. The number of ketones is 1. The van der Waals surface area contributed by atoms with E-state index in [4.69, 9.17) is 9.84 Å². The van der Waals surface area contributed by atoms with Crippen molar-refractivity contribution in [1.82, 2.24) is 0 Å². The molecule has 3 unspecified atom stereocenters. The Hall–Kier alpha value is -2.71. The van der Waals surface area contributed by atoms with Gasteiger partial charge in [0.15, 0.2) is 5.78 Å². The fourth-order valence-corrected chi connectivity index (χ4v) is 4.61. The summed E-state index contributed by atoms with van der Waals surface area (Å²) in [6.07, 6.45) is 0.851. The lowest BCUT2D eigenvalue weighted by molar-refractivity contribution is -0.139. The molecule has 3 N–H and O–H groups in total. The molecule has 0 saturated carbocycles. The van der Waals surface area contributed by atoms with E-state index in [2.05, 4.69) is 0 Å². The van der Waals surface area contributed by atoms with Crippen LogP contribution in [0.1, 0.15) is 67.6 Å². The Balaban J connectivity index is 1.92. The van der Waals surface area contributed by atoms with Crippen molar-refractivity contribution in [3.63, 3.8) is 0 Å². The minimum Gasteiger partial charge on any atom is -0.507 e. The van der Waals surface area contributed by atoms with Crippen molar-refractivity contribution in [2.24, 2.45) is 5.92 Å². The highest BCUT2D eigenvalue weighted by Crippen LogP contribution is 2.33. The zero-order valence-corrected chi connectivity index (χ0v) is 20.1. The Labute approximate surface area is 196 Å². The number of hydrogen-bond acceptors (Lipinski definition) is 6. The highest BCUT2D eigenvalue weighted by molar-refractivity contribution is 7.85. The number of ether oxygens (including phenoxy) is 1. The molecule has 0 aliphatic rings. The van der Waals surface area contributed by atoms with Gasteiger partial charge in [-0.15, -0.1) is 0 Å². The van der Waals surface area contributed by atoms with Crippen LogP contribution in [0.25, 0.3) is 0 Å². The summed E-state index contributed by atoms with van der Waals surface area (Å²) in [5, 5.41) is 29.6. The number of aromatic hydroxyl groups is 1. The molecule has 0 radical (unpaired) electrons. The van der Waals surface area contributed by atoms with Gasteiger partial charge in [0, 0.05) is 16.2 Å². The molecule has 0 saturated heterocycles. The number of hydrogen-bond donors (Lipinski definition) is 3. The first kappa shape index (κ1) is 26.5. The molecule has 0 amide bonds. The van der Waals surface area contributed by atoms with Crippen molar-refractivity contribution in [2.45, 2.75) is 57.5 Å². The number of carboxylic acids is 1. The lowest BCUT2D eigenvalue weighted by Crippen LogP contribution is -2.13. The van der Waals surface area contributed by atoms with Gasteiger partial charge in [-0.05, 0) is 55.5 Å². The fraction of sp³-hybridized carbons (Fsp3) is 0.440. The first-order chi connectivity index (χ1) is 15.6. The van der Waals surface area contributed by atoms with Crippen LogP contribution in [0.2, 0.25) is 0 Å². The van der Waals surface area contributed by atoms with Gasteiger partial charge in [-0.2, -0.15) is 0 Å². The number of phenolic OH excluding ortho intramolecular Hbond substituents is 1. The van der Waals surface area contributed by atoms with Crippen molar-refractivity contribution in [3.8, 4) is 11.5 Å². The molecule has 8 heteroatoms. The third kappa shape index (κ3) is 7.40. The predicted octanol–water partition coefficient (Wildman–Crippen LogP) is 4.27. The monoisotopic (exact) mass is 476 g/mol. The van der Waals surface area contributed by atoms with Crippen LogP contribution in [-0.2, 0) is 22.0 Å². The Morgan fingerprint density at radius 3 is 2.36 bits per heavy atom. The van der Waals surface area contributed by atoms with Crippen molar-refractivity contribution in [1.29, 1.82) is 0 Å². The second-order valence-corrected chi connectivity index (χ2v) is 9.66. The molecule has 0 spiro atoms. The largest absolute Gasteiger partial charge is 0.507 e. The molecule has 2 aromatic carbocycles. The van der Waals surface area contributed by atoms with Gasteiger partial charge in [-0.3, -0.25) is 13.8 Å². The number of Topliss-reactive ketones (excluding diaryl/α,β-unsaturated/α-hetero) is 1. The summed E-state index contributed by atoms with van der Waals surface area (Å²) in [6, 6.07) is 9.94. The maximum Gasteiger partial charge on any atom is 0.303 e. The van der Waals surface area contributed by atoms with E-state index in [0.29, 0.717) is 47.0 Å². The summed E-state index contributed by atoms with van der Waals surface area (Å²) < 4.78 is 18.4. The molecule has 33 heavy (non-hydrogen) atoms. The molecule has 2 rings (SSSR count). The topological polar surface area (TPSA) is 121 Å². The molecular formula is C25H32O7S. The van der Waals surface area contributed by atoms with Crippen LogP contribution in [0.4, 0.5) is 0 Å². The molecule has 3 atom stereocenters. The molecule has 0 aromatic heterocycles. The Bertz CT molecular complexity index is 985. The molecular weight excluding hydrogens is 444 g/mol. The molecule has 0 heterocycles. The number of benzene rings is 2. The third-order valence-corrected chi connectivity index (χ3v) is 6.83. The number of carboxylic acid groups (broad SMARTS) is 1. The van der Waals surface area contributed by atoms with E-state index in [1.165, 1.54) is 6.92 Å². The first-order valence-corrected chi connectivity index (χ1v) is 12.3. The molecule has 0 aliphatic heterocycles. The lowest BCUT2D eigenvalue weighted by atomic mass is 9.95. The minimum atomic E-state index is -1.26. The SMILES string of the molecule is CCCc1c(OCCCS(=O)c2ccc(C(O)C(C)CC(=O)O)cc2)ccc(C(C)=O)c1O. The van der Waals surface area contributed by atoms with E-state index in [0.717, 1.165) is 6.42 Å². The smallest absolute Gasteiger partial charge is 0.303 e. The highest BCUT2D eigenvalue weighted by Gasteiger charge is 2.20. The van der Waals surface area contributed by atoms with Gasteiger partial charge in [-0.1, -0.05) is 32.4 Å². The third-order valence-electron chi connectivity index (χ3n) is 5.37. The Kier molecular flexibility index (Phi) is 10.1. The van der Waals surface area contributed by atoms with Gasteiger partial charge < -0.3 is 20.1 Å². The van der Waals surface area contributed by atoms with Gasteiger partial charge in [0.1, 0.15) is 11.5 Å². The van der Waals surface area contributed by atoms with Crippen LogP contribution in [-0.4, -0.2) is 43.6 Å². The average molecular weight is 477 g/mol. The summed E-state index contributed by atoms with van der Waals surface area (Å²) in [5.41, 5.74) is 1.47. The van der Waals surface area contributed by atoms with Crippen LogP contribution in [0.3, 0.4) is 0 Å². The van der Waals surface area contributed by atoms with Crippen LogP contribution >= 0.6 is 0 Å². The summed E-state index contributed by atoms with van der Waals surface area (Å²) >= 11 is 0. The maximum absolute atomic E-state index is 12.6. The Morgan fingerprint density at radius 2 is 1.79 bits per heavy atom. The zero-order chi connectivity index (χ0) is 24.5. The van der Waals surface area contributed by atoms with Crippen molar-refractivity contribution in [2.75, 3.05) is 12.4 Å². The van der Waals surface area contributed by atoms with Gasteiger partial charge in [0.25, 0.3) is 0 Å². The van der Waals surface area contributed by atoms with E-state index in [9.17, 15) is 24.0 Å². The number of carbonyl (C=O) groups excluding carboxylic acids is 1. The van der Waals surface area contributed by atoms with Crippen molar-refractivity contribution in [3.05, 3.63) is 53.1 Å². The molecule has 7 nitrogen and oxygen atoms in total. The average Bonchev–Trinajstić information content (AvgIpc) is 2.77. The van der Waals surface area contributed by atoms with E-state index in [1.54, 1.807) is 43.3 Å². The minimum absolute atomic E-state index is 0.0367. The van der Waals surface area contributed by atoms with E-state index < -0.39 is 28.8 Å². The first-order valence-electron chi connectivity index (χ1n) is 11.0. The molecule has 0 bridgehead atoms. The van der Waals surface area contributed by atoms with Crippen LogP contribution in [0, 0.1) is 5.92 Å². The second-order valence-electron chi connectivity index (χ2n) is 8.09. The van der Waals surface area contributed by atoms with Gasteiger partial charge in [0.2, 0.25) is 0 Å². The molecule has 0 aliphatic carbocycles. The number of carbonyl (C=O) groups is 2. The predicted molar refractivity (Wildman–Crippen MR) is 126 cm³/mol. The van der Waals surface area contributed by atoms with Gasteiger partial charge >= 0.3 is 5.97 Å². The van der Waals surface area contributed by atoms with E-state index >= 15 is 0 Å². The number of aliphatic hydroxyl groups is 1.